The standard InChI is InChI=1S/C18H18N4O5S/c1-27-17-8-7-16(22(23)24)11-18(17)28(25,26)20-10-9-14-12-19-21(13-14)15-5-3-2-4-6-15/h2-8,11-13,20H,9-10H2,1H3. The van der Waals surface area contributed by atoms with Crippen LogP contribution in [0.5, 0.6) is 5.75 Å². The zero-order valence-corrected chi connectivity index (χ0v) is 15.8. The van der Waals surface area contributed by atoms with Crippen molar-refractivity contribution >= 4 is 15.7 Å². The molecular weight excluding hydrogens is 384 g/mol. The zero-order valence-electron chi connectivity index (χ0n) is 15.0. The predicted octanol–water partition coefficient (Wildman–Crippen LogP) is 2.31. The van der Waals surface area contributed by atoms with Gasteiger partial charge in [0.25, 0.3) is 5.69 Å². The van der Waals surface area contributed by atoms with E-state index in [1.165, 1.54) is 19.2 Å². The van der Waals surface area contributed by atoms with Crippen molar-refractivity contribution in [2.45, 2.75) is 11.3 Å². The topological polar surface area (TPSA) is 116 Å². The van der Waals surface area contributed by atoms with E-state index in [9.17, 15) is 18.5 Å². The molecule has 1 N–H and O–H groups in total. The maximum absolute atomic E-state index is 12.6. The summed E-state index contributed by atoms with van der Waals surface area (Å²) in [6.07, 6.45) is 3.89. The Morgan fingerprint density at radius 2 is 1.96 bits per heavy atom. The summed E-state index contributed by atoms with van der Waals surface area (Å²) in [5, 5.41) is 15.2. The molecule has 3 aromatic rings. The third-order valence-corrected chi connectivity index (χ3v) is 5.49. The van der Waals surface area contributed by atoms with Crippen molar-refractivity contribution in [2.75, 3.05) is 13.7 Å². The number of para-hydroxylation sites is 1. The van der Waals surface area contributed by atoms with Crippen molar-refractivity contribution in [3.05, 3.63) is 76.6 Å². The Hall–Kier alpha value is -3.24. The van der Waals surface area contributed by atoms with E-state index in [1.54, 1.807) is 10.9 Å². The van der Waals surface area contributed by atoms with Crippen LogP contribution in [0, 0.1) is 10.1 Å². The predicted molar refractivity (Wildman–Crippen MR) is 102 cm³/mol. The molecule has 0 aliphatic carbocycles. The lowest BCUT2D eigenvalue weighted by molar-refractivity contribution is -0.385. The summed E-state index contributed by atoms with van der Waals surface area (Å²) in [4.78, 5) is 10.0. The monoisotopic (exact) mass is 402 g/mol. The number of benzene rings is 2. The summed E-state index contributed by atoms with van der Waals surface area (Å²) in [5.74, 6) is 0.0370. The number of sulfonamides is 1. The van der Waals surface area contributed by atoms with E-state index in [2.05, 4.69) is 9.82 Å². The van der Waals surface area contributed by atoms with E-state index in [0.29, 0.717) is 6.42 Å². The molecule has 0 saturated heterocycles. The number of rotatable bonds is 8. The molecule has 0 radical (unpaired) electrons. The van der Waals surface area contributed by atoms with Gasteiger partial charge in [0.05, 0.1) is 23.9 Å². The first-order valence-corrected chi connectivity index (χ1v) is 9.80. The van der Waals surface area contributed by atoms with Crippen LogP contribution >= 0.6 is 0 Å². The first-order valence-electron chi connectivity index (χ1n) is 8.32. The Kier molecular flexibility index (Phi) is 5.71. The lowest BCUT2D eigenvalue weighted by Gasteiger charge is -2.10. The summed E-state index contributed by atoms with van der Waals surface area (Å²) in [5.41, 5.74) is 1.42. The molecule has 0 spiro atoms. The molecule has 0 unspecified atom stereocenters. The normalized spacial score (nSPS) is 11.3. The fourth-order valence-corrected chi connectivity index (χ4v) is 3.83. The highest BCUT2D eigenvalue weighted by molar-refractivity contribution is 7.89. The van der Waals surface area contributed by atoms with Gasteiger partial charge in [0, 0.05) is 24.9 Å². The van der Waals surface area contributed by atoms with Gasteiger partial charge >= 0.3 is 0 Å². The molecule has 0 atom stereocenters. The highest BCUT2D eigenvalue weighted by Crippen LogP contribution is 2.27. The Bertz CT molecular complexity index is 1080. The largest absolute Gasteiger partial charge is 0.495 e. The van der Waals surface area contributed by atoms with Crippen molar-refractivity contribution in [3.8, 4) is 11.4 Å². The average molecular weight is 402 g/mol. The molecule has 0 bridgehead atoms. The van der Waals surface area contributed by atoms with Crippen molar-refractivity contribution < 1.29 is 18.1 Å². The van der Waals surface area contributed by atoms with Crippen LogP contribution in [0.15, 0.2) is 65.8 Å². The average Bonchev–Trinajstić information content (AvgIpc) is 3.17. The molecule has 0 fully saturated rings. The molecule has 146 valence electrons. The second-order valence-electron chi connectivity index (χ2n) is 5.87. The Morgan fingerprint density at radius 3 is 2.64 bits per heavy atom. The van der Waals surface area contributed by atoms with Crippen LogP contribution in [0.4, 0.5) is 5.69 Å². The van der Waals surface area contributed by atoms with Crippen LogP contribution in [0.3, 0.4) is 0 Å². The number of hydrogen-bond acceptors (Lipinski definition) is 6. The summed E-state index contributed by atoms with van der Waals surface area (Å²) in [6.45, 7) is 0.106. The summed E-state index contributed by atoms with van der Waals surface area (Å²) in [6, 6.07) is 13.0. The molecule has 3 rings (SSSR count). The SMILES string of the molecule is COc1ccc([N+](=O)[O-])cc1S(=O)(=O)NCCc1cnn(-c2ccccc2)c1. The first kappa shape index (κ1) is 19.5. The van der Waals surface area contributed by atoms with Crippen molar-refractivity contribution in [2.24, 2.45) is 0 Å². The van der Waals surface area contributed by atoms with Crippen LogP contribution in [-0.2, 0) is 16.4 Å². The molecule has 0 aliphatic heterocycles. The van der Waals surface area contributed by atoms with Crippen LogP contribution in [0.2, 0.25) is 0 Å². The van der Waals surface area contributed by atoms with Gasteiger partial charge in [0.2, 0.25) is 10.0 Å². The van der Waals surface area contributed by atoms with Gasteiger partial charge in [-0.3, -0.25) is 10.1 Å². The molecular formula is C18H18N4O5S. The Labute approximate surface area is 161 Å². The third kappa shape index (κ3) is 4.35. The van der Waals surface area contributed by atoms with Crippen molar-refractivity contribution in [1.82, 2.24) is 14.5 Å². The molecule has 9 nitrogen and oxygen atoms in total. The first-order chi connectivity index (χ1) is 13.4. The van der Waals surface area contributed by atoms with E-state index in [4.69, 9.17) is 4.74 Å². The number of aromatic nitrogens is 2. The number of methoxy groups -OCH3 is 1. The van der Waals surface area contributed by atoms with E-state index >= 15 is 0 Å². The minimum atomic E-state index is -3.98. The lowest BCUT2D eigenvalue weighted by Crippen LogP contribution is -2.26. The second-order valence-corrected chi connectivity index (χ2v) is 7.60. The molecule has 10 heteroatoms. The minimum Gasteiger partial charge on any atom is -0.495 e. The maximum atomic E-state index is 12.6. The second kappa shape index (κ2) is 8.19. The van der Waals surface area contributed by atoms with E-state index in [0.717, 1.165) is 17.3 Å². The number of hydrogen-bond donors (Lipinski definition) is 1. The van der Waals surface area contributed by atoms with Gasteiger partial charge < -0.3 is 4.74 Å². The van der Waals surface area contributed by atoms with Crippen LogP contribution < -0.4 is 9.46 Å². The zero-order chi connectivity index (χ0) is 20.1. The van der Waals surface area contributed by atoms with E-state index in [-0.39, 0.29) is 22.9 Å². The summed E-state index contributed by atoms with van der Waals surface area (Å²) in [7, 11) is -2.68. The van der Waals surface area contributed by atoms with Gasteiger partial charge in [0.1, 0.15) is 10.6 Å². The number of nitro groups is 1. The maximum Gasteiger partial charge on any atom is 0.271 e. The smallest absolute Gasteiger partial charge is 0.271 e. The van der Waals surface area contributed by atoms with Crippen LogP contribution in [0.25, 0.3) is 5.69 Å². The van der Waals surface area contributed by atoms with E-state index in [1.807, 2.05) is 36.5 Å². The number of nitrogens with one attached hydrogen (secondary N) is 1. The minimum absolute atomic E-state index is 0.0370. The molecule has 1 aromatic heterocycles. The quantitative estimate of drug-likeness (QED) is 0.456. The molecule has 0 saturated carbocycles. The molecule has 0 amide bonds. The van der Waals surface area contributed by atoms with Gasteiger partial charge in [-0.1, -0.05) is 18.2 Å². The molecule has 1 heterocycles. The highest BCUT2D eigenvalue weighted by atomic mass is 32.2. The van der Waals surface area contributed by atoms with Gasteiger partial charge in [-0.2, -0.15) is 5.10 Å². The molecule has 0 aliphatic rings. The Morgan fingerprint density at radius 1 is 1.21 bits per heavy atom. The van der Waals surface area contributed by atoms with Gasteiger partial charge in [0.15, 0.2) is 0 Å². The third-order valence-electron chi connectivity index (χ3n) is 4.01. The van der Waals surface area contributed by atoms with Gasteiger partial charge in [-0.05, 0) is 30.2 Å². The Balaban J connectivity index is 1.70. The van der Waals surface area contributed by atoms with Crippen molar-refractivity contribution in [1.29, 1.82) is 0 Å². The number of non-ortho nitro benzene ring substituents is 1. The summed E-state index contributed by atoms with van der Waals surface area (Å²) >= 11 is 0. The number of ether oxygens (including phenoxy) is 1. The van der Waals surface area contributed by atoms with Gasteiger partial charge in [-0.15, -0.1) is 0 Å². The lowest BCUT2D eigenvalue weighted by atomic mass is 10.2. The highest BCUT2D eigenvalue weighted by Gasteiger charge is 2.22. The summed E-state index contributed by atoms with van der Waals surface area (Å²) < 4.78 is 34.3. The van der Waals surface area contributed by atoms with Crippen LogP contribution in [0.1, 0.15) is 5.56 Å². The fraction of sp³-hybridized carbons (Fsp3) is 0.167. The van der Waals surface area contributed by atoms with Crippen molar-refractivity contribution in [3.63, 3.8) is 0 Å². The van der Waals surface area contributed by atoms with Crippen LogP contribution in [-0.4, -0.2) is 36.8 Å². The van der Waals surface area contributed by atoms with Gasteiger partial charge in [-0.25, -0.2) is 17.8 Å². The molecule has 28 heavy (non-hydrogen) atoms. The fourth-order valence-electron chi connectivity index (χ4n) is 2.61. The number of nitro benzene ring substituents is 1. The molecule has 2 aromatic carbocycles. The van der Waals surface area contributed by atoms with E-state index < -0.39 is 14.9 Å². The number of nitrogens with zero attached hydrogens (tertiary/aromatic N) is 3.